The van der Waals surface area contributed by atoms with E-state index in [1.165, 1.54) is 4.68 Å². The van der Waals surface area contributed by atoms with Crippen molar-refractivity contribution in [1.29, 1.82) is 0 Å². The maximum absolute atomic E-state index is 13.7. The third-order valence-electron chi connectivity index (χ3n) is 6.28. The van der Waals surface area contributed by atoms with Crippen molar-refractivity contribution in [3.63, 3.8) is 0 Å². The van der Waals surface area contributed by atoms with Gasteiger partial charge in [0.25, 0.3) is 5.56 Å². The number of ether oxygens (including phenoxy) is 4. The molecule has 0 atom stereocenters. The molecule has 4 aromatic rings. The number of para-hydroxylation sites is 1. The van der Waals surface area contributed by atoms with Crippen LogP contribution in [0.25, 0.3) is 22.3 Å². The van der Waals surface area contributed by atoms with Gasteiger partial charge < -0.3 is 18.9 Å². The predicted molar refractivity (Wildman–Crippen MR) is 144 cm³/mol. The van der Waals surface area contributed by atoms with Gasteiger partial charge in [-0.1, -0.05) is 26.0 Å². The summed E-state index contributed by atoms with van der Waals surface area (Å²) < 4.78 is 23.7. The van der Waals surface area contributed by atoms with E-state index in [1.807, 2.05) is 38.1 Å². The van der Waals surface area contributed by atoms with Crippen molar-refractivity contribution in [1.82, 2.24) is 9.66 Å². The predicted octanol–water partition coefficient (Wildman–Crippen LogP) is 5.51. The Labute approximate surface area is 215 Å². The van der Waals surface area contributed by atoms with Gasteiger partial charge in [0.2, 0.25) is 12.5 Å². The molecule has 2 heterocycles. The lowest BCUT2D eigenvalue weighted by Gasteiger charge is -2.18. The molecule has 3 aromatic carbocycles. The van der Waals surface area contributed by atoms with E-state index in [1.54, 1.807) is 31.5 Å². The zero-order valence-corrected chi connectivity index (χ0v) is 21.6. The molecule has 0 saturated heterocycles. The molecule has 1 aromatic heterocycles. The fourth-order valence-electron chi connectivity index (χ4n) is 4.42. The van der Waals surface area contributed by atoms with Crippen LogP contribution < -0.4 is 24.5 Å². The monoisotopic (exact) mass is 499 g/mol. The summed E-state index contributed by atoms with van der Waals surface area (Å²) in [7, 11) is 1.56. The van der Waals surface area contributed by atoms with Crippen LogP contribution in [0.3, 0.4) is 0 Å². The van der Waals surface area contributed by atoms with Gasteiger partial charge >= 0.3 is 0 Å². The number of hydrogen-bond acceptors (Lipinski definition) is 7. The first-order valence-electron chi connectivity index (χ1n) is 12.2. The molecular weight excluding hydrogens is 470 g/mol. The number of rotatable bonds is 7. The average Bonchev–Trinajstić information content (AvgIpc) is 3.36. The highest BCUT2D eigenvalue weighted by atomic mass is 16.7. The standard InChI is InChI=1S/C29H29N3O5/c1-6-35-24-11-18(4)22(14-21(24)17(2)3)28-31-23-10-8-7-9-20(23)29(33)32(28)30-15-19-12-25(34-5)27-26(13-19)36-16-37-27/h7-15,17H,6,16H2,1-5H3. The first-order chi connectivity index (χ1) is 17.9. The van der Waals surface area contributed by atoms with Crippen molar-refractivity contribution >= 4 is 17.1 Å². The van der Waals surface area contributed by atoms with Crippen LogP contribution in [0, 0.1) is 6.92 Å². The van der Waals surface area contributed by atoms with Gasteiger partial charge in [-0.25, -0.2) is 4.98 Å². The maximum Gasteiger partial charge on any atom is 0.282 e. The lowest BCUT2D eigenvalue weighted by molar-refractivity contribution is 0.171. The van der Waals surface area contributed by atoms with Gasteiger partial charge in [-0.05, 0) is 67.3 Å². The van der Waals surface area contributed by atoms with Gasteiger partial charge in [0, 0.05) is 11.1 Å². The molecule has 1 aliphatic rings. The highest BCUT2D eigenvalue weighted by molar-refractivity contribution is 5.84. The second-order valence-electron chi connectivity index (χ2n) is 9.06. The van der Waals surface area contributed by atoms with Crippen molar-refractivity contribution in [2.45, 2.75) is 33.6 Å². The lowest BCUT2D eigenvalue weighted by Crippen LogP contribution is -2.21. The second kappa shape index (κ2) is 9.97. The topological polar surface area (TPSA) is 84.2 Å². The van der Waals surface area contributed by atoms with Crippen LogP contribution in [-0.2, 0) is 0 Å². The van der Waals surface area contributed by atoms with Crippen LogP contribution >= 0.6 is 0 Å². The Morgan fingerprint density at radius 1 is 1.14 bits per heavy atom. The molecule has 0 saturated carbocycles. The van der Waals surface area contributed by atoms with Crippen LogP contribution in [-0.4, -0.2) is 36.4 Å². The molecule has 8 heteroatoms. The van der Waals surface area contributed by atoms with E-state index < -0.39 is 0 Å². The Kier molecular flexibility index (Phi) is 6.56. The fourth-order valence-corrected chi connectivity index (χ4v) is 4.42. The summed E-state index contributed by atoms with van der Waals surface area (Å²) in [5, 5.41) is 5.10. The Morgan fingerprint density at radius 3 is 2.70 bits per heavy atom. The fraction of sp³-hybridized carbons (Fsp3) is 0.276. The van der Waals surface area contributed by atoms with Gasteiger partial charge in [-0.3, -0.25) is 4.79 Å². The Morgan fingerprint density at radius 2 is 1.95 bits per heavy atom. The molecule has 0 N–H and O–H groups in total. The van der Waals surface area contributed by atoms with Gasteiger partial charge in [-0.15, -0.1) is 0 Å². The summed E-state index contributed by atoms with van der Waals surface area (Å²) in [6.45, 7) is 8.88. The molecule has 0 unspecified atom stereocenters. The number of fused-ring (bicyclic) bond motifs is 2. The Balaban J connectivity index is 1.71. The van der Waals surface area contributed by atoms with Crippen molar-refractivity contribution in [3.8, 4) is 34.4 Å². The third kappa shape index (κ3) is 4.50. The molecule has 0 radical (unpaired) electrons. The minimum Gasteiger partial charge on any atom is -0.494 e. The first-order valence-corrected chi connectivity index (χ1v) is 12.2. The molecular formula is C29H29N3O5. The van der Waals surface area contributed by atoms with Crippen molar-refractivity contribution in [2.75, 3.05) is 20.5 Å². The molecule has 0 aliphatic carbocycles. The molecule has 37 heavy (non-hydrogen) atoms. The molecule has 0 amide bonds. The van der Waals surface area contributed by atoms with Crippen LogP contribution in [0.2, 0.25) is 0 Å². The van der Waals surface area contributed by atoms with Crippen LogP contribution in [0.5, 0.6) is 23.0 Å². The van der Waals surface area contributed by atoms with E-state index in [4.69, 9.17) is 23.9 Å². The van der Waals surface area contributed by atoms with E-state index in [9.17, 15) is 4.79 Å². The third-order valence-corrected chi connectivity index (χ3v) is 6.28. The molecule has 8 nitrogen and oxygen atoms in total. The van der Waals surface area contributed by atoms with E-state index >= 15 is 0 Å². The second-order valence-corrected chi connectivity index (χ2v) is 9.06. The maximum atomic E-state index is 13.7. The molecule has 0 fully saturated rings. The number of nitrogens with zero attached hydrogens (tertiary/aromatic N) is 3. The van der Waals surface area contributed by atoms with Gasteiger partial charge in [0.05, 0.1) is 30.8 Å². The van der Waals surface area contributed by atoms with Gasteiger partial charge in [0.1, 0.15) is 5.75 Å². The quantitative estimate of drug-likeness (QED) is 0.312. The normalized spacial score (nSPS) is 12.6. The van der Waals surface area contributed by atoms with Crippen LogP contribution in [0.1, 0.15) is 43.4 Å². The highest BCUT2D eigenvalue weighted by Crippen LogP contribution is 2.41. The van der Waals surface area contributed by atoms with Crippen molar-refractivity contribution < 1.29 is 18.9 Å². The van der Waals surface area contributed by atoms with E-state index in [2.05, 4.69) is 25.0 Å². The molecule has 1 aliphatic heterocycles. The van der Waals surface area contributed by atoms with Crippen LogP contribution in [0.15, 0.2) is 58.4 Å². The van der Waals surface area contributed by atoms with Crippen LogP contribution in [0.4, 0.5) is 0 Å². The summed E-state index contributed by atoms with van der Waals surface area (Å²) in [4.78, 5) is 18.6. The van der Waals surface area contributed by atoms with E-state index in [-0.39, 0.29) is 18.3 Å². The molecule has 0 bridgehead atoms. The number of hydrogen-bond donors (Lipinski definition) is 0. The van der Waals surface area contributed by atoms with Gasteiger partial charge in [-0.2, -0.15) is 9.78 Å². The van der Waals surface area contributed by atoms with Gasteiger partial charge in [0.15, 0.2) is 17.3 Å². The number of benzene rings is 3. The highest BCUT2D eigenvalue weighted by Gasteiger charge is 2.21. The zero-order valence-electron chi connectivity index (χ0n) is 21.6. The molecule has 190 valence electrons. The first kappa shape index (κ1) is 24.4. The summed E-state index contributed by atoms with van der Waals surface area (Å²) in [6, 6.07) is 14.9. The number of methoxy groups -OCH3 is 1. The largest absolute Gasteiger partial charge is 0.494 e. The molecule has 5 rings (SSSR count). The average molecular weight is 500 g/mol. The number of aromatic nitrogens is 2. The summed E-state index contributed by atoms with van der Waals surface area (Å²) >= 11 is 0. The minimum absolute atomic E-state index is 0.125. The number of aryl methyl sites for hydroxylation is 1. The van der Waals surface area contributed by atoms with E-state index in [0.29, 0.717) is 46.1 Å². The van der Waals surface area contributed by atoms with Crippen molar-refractivity contribution in [3.05, 3.63) is 75.6 Å². The summed E-state index contributed by atoms with van der Waals surface area (Å²) in [6.07, 6.45) is 1.60. The zero-order chi connectivity index (χ0) is 26.1. The van der Waals surface area contributed by atoms with Crippen molar-refractivity contribution in [2.24, 2.45) is 5.10 Å². The Hall–Kier alpha value is -4.33. The van der Waals surface area contributed by atoms with E-state index in [0.717, 1.165) is 22.4 Å². The SMILES string of the molecule is CCOc1cc(C)c(-c2nc3ccccc3c(=O)n2N=Cc2cc(OC)c3c(c2)OCO3)cc1C(C)C. The smallest absolute Gasteiger partial charge is 0.282 e. The minimum atomic E-state index is -0.260. The summed E-state index contributed by atoms with van der Waals surface area (Å²) in [5.41, 5.74) is 3.83. The Bertz CT molecular complexity index is 1570. The molecule has 0 spiro atoms. The lowest BCUT2D eigenvalue weighted by atomic mass is 9.96. The summed E-state index contributed by atoms with van der Waals surface area (Å²) in [5.74, 6) is 3.15.